The number of Topliss-reactive ketones (excluding diaryl/α,β-unsaturated/α-hetero) is 1. The van der Waals surface area contributed by atoms with Gasteiger partial charge in [-0.1, -0.05) is 35.9 Å². The fourth-order valence-electron chi connectivity index (χ4n) is 2.95. The molecule has 1 heterocycles. The second-order valence-electron chi connectivity index (χ2n) is 6.45. The smallest absolute Gasteiger partial charge is 0.244 e. The predicted molar refractivity (Wildman–Crippen MR) is 104 cm³/mol. The number of ketones is 1. The number of benzene rings is 2. The van der Waals surface area contributed by atoms with E-state index >= 15 is 0 Å². The number of carbonyl (C=O) groups is 3. The van der Waals surface area contributed by atoms with Crippen LogP contribution in [0.2, 0.25) is 5.02 Å². The van der Waals surface area contributed by atoms with Crippen molar-refractivity contribution in [1.29, 1.82) is 0 Å². The first-order valence-corrected chi connectivity index (χ1v) is 8.97. The second-order valence-corrected chi connectivity index (χ2v) is 6.88. The van der Waals surface area contributed by atoms with E-state index in [4.69, 9.17) is 11.6 Å². The standard InChI is InChI=1S/C20H20ClN3O3/c1-13(25)15-3-2-4-17(9-15)23-19(26)11-24-12-22-18(10-20(24)27)14-5-7-16(21)8-6-14/h2-9,18,22H,10-12H2,1H3,(H,23,26). The van der Waals surface area contributed by atoms with E-state index in [-0.39, 0.29) is 43.3 Å². The molecule has 0 aromatic heterocycles. The van der Waals surface area contributed by atoms with Crippen molar-refractivity contribution < 1.29 is 14.4 Å². The number of nitrogens with one attached hydrogen (secondary N) is 2. The molecule has 0 bridgehead atoms. The molecule has 1 aliphatic heterocycles. The molecular weight excluding hydrogens is 366 g/mol. The van der Waals surface area contributed by atoms with Crippen LogP contribution in [0.4, 0.5) is 5.69 Å². The topological polar surface area (TPSA) is 78.5 Å². The fourth-order valence-corrected chi connectivity index (χ4v) is 3.08. The highest BCUT2D eigenvalue weighted by molar-refractivity contribution is 6.30. The number of nitrogens with zero attached hydrogens (tertiary/aromatic N) is 1. The van der Waals surface area contributed by atoms with Gasteiger partial charge in [-0.05, 0) is 36.8 Å². The fraction of sp³-hybridized carbons (Fsp3) is 0.250. The van der Waals surface area contributed by atoms with E-state index in [0.717, 1.165) is 5.56 Å². The van der Waals surface area contributed by atoms with Crippen molar-refractivity contribution >= 4 is 34.9 Å². The average molecular weight is 386 g/mol. The van der Waals surface area contributed by atoms with E-state index in [1.165, 1.54) is 11.8 Å². The minimum atomic E-state index is -0.309. The van der Waals surface area contributed by atoms with Crippen molar-refractivity contribution in [2.24, 2.45) is 0 Å². The van der Waals surface area contributed by atoms with E-state index in [1.807, 2.05) is 12.1 Å². The van der Waals surface area contributed by atoms with Gasteiger partial charge in [0.1, 0.15) is 6.54 Å². The van der Waals surface area contributed by atoms with Gasteiger partial charge in [-0.2, -0.15) is 0 Å². The zero-order valence-corrected chi connectivity index (χ0v) is 15.6. The molecular formula is C20H20ClN3O3. The van der Waals surface area contributed by atoms with Gasteiger partial charge < -0.3 is 10.2 Å². The molecule has 2 aromatic carbocycles. The summed E-state index contributed by atoms with van der Waals surface area (Å²) in [4.78, 5) is 37.6. The third-order valence-corrected chi connectivity index (χ3v) is 4.67. The van der Waals surface area contributed by atoms with Crippen molar-refractivity contribution in [1.82, 2.24) is 10.2 Å². The lowest BCUT2D eigenvalue weighted by molar-refractivity contribution is -0.138. The predicted octanol–water partition coefficient (Wildman–Crippen LogP) is 3.00. The first-order chi connectivity index (χ1) is 12.9. The molecule has 1 fully saturated rings. The lowest BCUT2D eigenvalue weighted by Crippen LogP contribution is -2.49. The summed E-state index contributed by atoms with van der Waals surface area (Å²) in [6, 6.07) is 14.0. The van der Waals surface area contributed by atoms with Gasteiger partial charge in [0.05, 0.1) is 6.67 Å². The van der Waals surface area contributed by atoms with Crippen LogP contribution in [0.3, 0.4) is 0 Å². The molecule has 0 saturated carbocycles. The van der Waals surface area contributed by atoms with Crippen LogP contribution in [0.25, 0.3) is 0 Å². The summed E-state index contributed by atoms with van der Waals surface area (Å²) >= 11 is 5.89. The maximum atomic E-state index is 12.4. The van der Waals surface area contributed by atoms with Crippen LogP contribution in [0.15, 0.2) is 48.5 Å². The van der Waals surface area contributed by atoms with Crippen LogP contribution in [0.1, 0.15) is 35.3 Å². The molecule has 0 aliphatic carbocycles. The van der Waals surface area contributed by atoms with Gasteiger partial charge in [0.25, 0.3) is 0 Å². The van der Waals surface area contributed by atoms with Crippen molar-refractivity contribution in [3.8, 4) is 0 Å². The number of rotatable bonds is 5. The van der Waals surface area contributed by atoms with Crippen LogP contribution in [0.5, 0.6) is 0 Å². The molecule has 0 spiro atoms. The van der Waals surface area contributed by atoms with Gasteiger partial charge in [-0.15, -0.1) is 0 Å². The third-order valence-electron chi connectivity index (χ3n) is 4.42. The highest BCUT2D eigenvalue weighted by Gasteiger charge is 2.27. The molecule has 0 radical (unpaired) electrons. The highest BCUT2D eigenvalue weighted by atomic mass is 35.5. The minimum absolute atomic E-state index is 0.0521. The molecule has 140 valence electrons. The average Bonchev–Trinajstić information content (AvgIpc) is 2.64. The Hall–Kier alpha value is -2.70. The minimum Gasteiger partial charge on any atom is -0.325 e. The number of carbonyl (C=O) groups excluding carboxylic acids is 3. The van der Waals surface area contributed by atoms with Gasteiger partial charge in [-0.25, -0.2) is 0 Å². The maximum Gasteiger partial charge on any atom is 0.244 e. The number of hydrogen-bond acceptors (Lipinski definition) is 4. The van der Waals surface area contributed by atoms with Gasteiger partial charge in [0.15, 0.2) is 5.78 Å². The molecule has 6 nitrogen and oxygen atoms in total. The Bertz CT molecular complexity index is 867. The van der Waals surface area contributed by atoms with Crippen LogP contribution in [0, 0.1) is 0 Å². The summed E-state index contributed by atoms with van der Waals surface area (Å²) < 4.78 is 0. The van der Waals surface area contributed by atoms with Crippen molar-refractivity contribution in [3.63, 3.8) is 0 Å². The summed E-state index contributed by atoms with van der Waals surface area (Å²) in [5.74, 6) is -0.480. The summed E-state index contributed by atoms with van der Waals surface area (Å²) in [7, 11) is 0. The van der Waals surface area contributed by atoms with Crippen molar-refractivity contribution in [3.05, 3.63) is 64.7 Å². The number of hydrogen-bond donors (Lipinski definition) is 2. The van der Waals surface area contributed by atoms with Crippen LogP contribution >= 0.6 is 11.6 Å². The first kappa shape index (κ1) is 19.1. The first-order valence-electron chi connectivity index (χ1n) is 8.60. The number of anilines is 1. The molecule has 2 amide bonds. The molecule has 3 rings (SSSR count). The van der Waals surface area contributed by atoms with E-state index in [9.17, 15) is 14.4 Å². The molecule has 1 saturated heterocycles. The SMILES string of the molecule is CC(=O)c1cccc(NC(=O)CN2CNC(c3ccc(Cl)cc3)CC2=O)c1. The molecule has 2 N–H and O–H groups in total. The Balaban J connectivity index is 1.56. The summed E-state index contributed by atoms with van der Waals surface area (Å²) in [5.41, 5.74) is 2.04. The van der Waals surface area contributed by atoms with Gasteiger partial charge in [-0.3, -0.25) is 19.7 Å². The van der Waals surface area contributed by atoms with E-state index in [0.29, 0.717) is 16.3 Å². The highest BCUT2D eigenvalue weighted by Crippen LogP contribution is 2.23. The largest absolute Gasteiger partial charge is 0.325 e. The number of halogens is 1. The van der Waals surface area contributed by atoms with Gasteiger partial charge in [0.2, 0.25) is 11.8 Å². The molecule has 2 aromatic rings. The van der Waals surface area contributed by atoms with Gasteiger partial charge >= 0.3 is 0 Å². The Kier molecular flexibility index (Phi) is 5.88. The third kappa shape index (κ3) is 4.93. The lowest BCUT2D eigenvalue weighted by atomic mass is 10.0. The monoisotopic (exact) mass is 385 g/mol. The normalized spacial score (nSPS) is 16.9. The van der Waals surface area contributed by atoms with Crippen LogP contribution < -0.4 is 10.6 Å². The Morgan fingerprint density at radius 3 is 2.63 bits per heavy atom. The summed E-state index contributed by atoms with van der Waals surface area (Å²) in [6.45, 7) is 1.70. The van der Waals surface area contributed by atoms with Gasteiger partial charge in [0, 0.05) is 28.7 Å². The number of amides is 2. The quantitative estimate of drug-likeness (QED) is 0.775. The molecule has 1 unspecified atom stereocenters. The van der Waals surface area contributed by atoms with Crippen LogP contribution in [-0.2, 0) is 9.59 Å². The summed E-state index contributed by atoms with van der Waals surface area (Å²) in [5, 5.41) is 6.64. The zero-order chi connectivity index (χ0) is 19.4. The molecule has 27 heavy (non-hydrogen) atoms. The van der Waals surface area contributed by atoms with E-state index < -0.39 is 0 Å². The lowest BCUT2D eigenvalue weighted by Gasteiger charge is -2.32. The second kappa shape index (κ2) is 8.33. The Morgan fingerprint density at radius 2 is 1.96 bits per heavy atom. The molecule has 1 atom stereocenters. The van der Waals surface area contributed by atoms with Crippen molar-refractivity contribution in [2.45, 2.75) is 19.4 Å². The maximum absolute atomic E-state index is 12.4. The van der Waals surface area contributed by atoms with Crippen LogP contribution in [-0.4, -0.2) is 35.7 Å². The van der Waals surface area contributed by atoms with E-state index in [1.54, 1.807) is 36.4 Å². The zero-order valence-electron chi connectivity index (χ0n) is 14.9. The molecule has 7 heteroatoms. The Morgan fingerprint density at radius 1 is 1.22 bits per heavy atom. The summed E-state index contributed by atoms with van der Waals surface area (Å²) in [6.07, 6.45) is 0.273. The molecule has 1 aliphatic rings. The Labute approximate surface area is 162 Å². The van der Waals surface area contributed by atoms with E-state index in [2.05, 4.69) is 10.6 Å². The van der Waals surface area contributed by atoms with Crippen molar-refractivity contribution in [2.75, 3.05) is 18.5 Å².